The van der Waals surface area contributed by atoms with Gasteiger partial charge in [-0.25, -0.2) is 0 Å². The number of hydrogen-bond acceptors (Lipinski definition) is 3. The molecule has 2 aromatic rings. The van der Waals surface area contributed by atoms with Crippen LogP contribution in [0, 0.1) is 0 Å². The van der Waals surface area contributed by atoms with Crippen LogP contribution in [0.5, 0.6) is 11.5 Å². The van der Waals surface area contributed by atoms with Crippen LogP contribution in [0.25, 0.3) is 0 Å². The van der Waals surface area contributed by atoms with Crippen LogP contribution in [0.1, 0.15) is 30.5 Å². The molecule has 0 bridgehead atoms. The maximum Gasteiger partial charge on any atom is 0.231 e. The smallest absolute Gasteiger partial charge is 0.231 e. The van der Waals surface area contributed by atoms with E-state index in [4.69, 9.17) is 21.7 Å². The number of fused-ring (bicyclic) bond motifs is 1. The van der Waals surface area contributed by atoms with Crippen molar-refractivity contribution in [3.05, 3.63) is 58.1 Å². The lowest BCUT2D eigenvalue weighted by Gasteiger charge is -2.20. The minimum absolute atomic E-state index is 0.190. The highest BCUT2D eigenvalue weighted by Gasteiger charge is 2.14. The van der Waals surface area contributed by atoms with Crippen LogP contribution in [0.4, 0.5) is 0 Å². The molecule has 0 aliphatic carbocycles. The van der Waals surface area contributed by atoms with Crippen LogP contribution < -0.4 is 20.1 Å². The monoisotopic (exact) mass is 406 g/mol. The summed E-state index contributed by atoms with van der Waals surface area (Å²) >= 11 is 8.90. The van der Waals surface area contributed by atoms with Crippen molar-refractivity contribution in [3.63, 3.8) is 0 Å². The molecule has 1 atom stereocenters. The summed E-state index contributed by atoms with van der Waals surface area (Å²) in [5, 5.41) is 7.27. The van der Waals surface area contributed by atoms with E-state index in [2.05, 4.69) is 45.6 Å². The van der Waals surface area contributed by atoms with Crippen LogP contribution in [0.3, 0.4) is 0 Å². The molecule has 0 amide bonds. The first-order chi connectivity index (χ1) is 11.7. The van der Waals surface area contributed by atoms with Gasteiger partial charge in [0.2, 0.25) is 6.79 Å². The van der Waals surface area contributed by atoms with Gasteiger partial charge in [-0.15, -0.1) is 0 Å². The highest BCUT2D eigenvalue weighted by molar-refractivity contribution is 9.10. The molecule has 0 fully saturated rings. The van der Waals surface area contributed by atoms with Crippen molar-refractivity contribution in [2.75, 3.05) is 6.79 Å². The second kappa shape index (κ2) is 7.85. The summed E-state index contributed by atoms with van der Waals surface area (Å²) in [5.74, 6) is 1.58. The predicted molar refractivity (Wildman–Crippen MR) is 102 cm³/mol. The van der Waals surface area contributed by atoms with Crippen LogP contribution in [-0.2, 0) is 6.54 Å². The van der Waals surface area contributed by atoms with E-state index in [9.17, 15) is 0 Å². The lowest BCUT2D eigenvalue weighted by molar-refractivity contribution is 0.174. The molecule has 4 nitrogen and oxygen atoms in total. The molecular formula is C18H19BrN2O2S. The molecule has 0 saturated heterocycles. The second-order valence-corrected chi connectivity index (χ2v) is 6.85. The molecule has 1 aliphatic heterocycles. The number of hydrogen-bond donors (Lipinski definition) is 2. The van der Waals surface area contributed by atoms with Crippen LogP contribution in [0.15, 0.2) is 46.9 Å². The van der Waals surface area contributed by atoms with Gasteiger partial charge in [-0.2, -0.15) is 0 Å². The lowest BCUT2D eigenvalue weighted by Crippen LogP contribution is -2.37. The second-order valence-electron chi connectivity index (χ2n) is 5.53. The van der Waals surface area contributed by atoms with Crippen molar-refractivity contribution in [1.82, 2.24) is 10.6 Å². The Kier molecular flexibility index (Phi) is 5.58. The Bertz CT molecular complexity index is 721. The SMILES string of the molecule is CC[C@H](NC(=S)NCc1ccc2c(c1)OCO2)c1ccc(Br)cc1. The lowest BCUT2D eigenvalue weighted by atomic mass is 10.1. The van der Waals surface area contributed by atoms with Gasteiger partial charge in [-0.3, -0.25) is 0 Å². The van der Waals surface area contributed by atoms with Crippen molar-refractivity contribution < 1.29 is 9.47 Å². The molecule has 0 unspecified atom stereocenters. The van der Waals surface area contributed by atoms with Crippen LogP contribution in [0.2, 0.25) is 0 Å². The van der Waals surface area contributed by atoms with E-state index in [1.807, 2.05) is 30.3 Å². The normalized spacial score (nSPS) is 13.4. The van der Waals surface area contributed by atoms with Gasteiger partial charge in [0.25, 0.3) is 0 Å². The van der Waals surface area contributed by atoms with E-state index < -0.39 is 0 Å². The Morgan fingerprint density at radius 2 is 1.92 bits per heavy atom. The largest absolute Gasteiger partial charge is 0.454 e. The fourth-order valence-corrected chi connectivity index (χ4v) is 3.04. The first-order valence-corrected chi connectivity index (χ1v) is 9.04. The summed E-state index contributed by atoms with van der Waals surface area (Å²) in [7, 11) is 0. The third-order valence-corrected chi connectivity index (χ3v) is 4.67. The van der Waals surface area contributed by atoms with Crippen LogP contribution in [-0.4, -0.2) is 11.9 Å². The van der Waals surface area contributed by atoms with E-state index in [0.29, 0.717) is 11.7 Å². The number of nitrogens with one attached hydrogen (secondary N) is 2. The summed E-state index contributed by atoms with van der Waals surface area (Å²) in [6, 6.07) is 14.4. The quantitative estimate of drug-likeness (QED) is 0.724. The maximum absolute atomic E-state index is 5.43. The summed E-state index contributed by atoms with van der Waals surface area (Å²) in [4.78, 5) is 0. The number of halogens is 1. The standard InChI is InChI=1S/C18H19BrN2O2S/c1-2-15(13-4-6-14(19)7-5-13)21-18(24)20-10-12-3-8-16-17(9-12)23-11-22-16/h3-9,15H,2,10-11H2,1H3,(H2,20,21,24)/t15-/m0/s1. The van der Waals surface area contributed by atoms with Gasteiger partial charge >= 0.3 is 0 Å². The fraction of sp³-hybridized carbons (Fsp3) is 0.278. The molecule has 3 rings (SSSR count). The Balaban J connectivity index is 1.55. The third kappa shape index (κ3) is 4.19. The number of ether oxygens (including phenoxy) is 2. The summed E-state index contributed by atoms with van der Waals surface area (Å²) < 4.78 is 11.8. The van der Waals surface area contributed by atoms with Gasteiger partial charge in [-0.05, 0) is 54.0 Å². The van der Waals surface area contributed by atoms with Gasteiger partial charge in [0.1, 0.15) is 0 Å². The topological polar surface area (TPSA) is 42.5 Å². The van der Waals surface area contributed by atoms with E-state index in [1.165, 1.54) is 5.56 Å². The van der Waals surface area contributed by atoms with E-state index >= 15 is 0 Å². The highest BCUT2D eigenvalue weighted by Crippen LogP contribution is 2.32. The van der Waals surface area contributed by atoms with Crippen molar-refractivity contribution in [2.24, 2.45) is 0 Å². The van der Waals surface area contributed by atoms with Gasteiger partial charge < -0.3 is 20.1 Å². The molecule has 6 heteroatoms. The zero-order valence-corrected chi connectivity index (χ0v) is 15.7. The molecule has 1 aliphatic rings. The van der Waals surface area contributed by atoms with Crippen molar-refractivity contribution in [1.29, 1.82) is 0 Å². The minimum Gasteiger partial charge on any atom is -0.454 e. The van der Waals surface area contributed by atoms with E-state index in [-0.39, 0.29) is 12.8 Å². The molecule has 126 valence electrons. The Hall–Kier alpha value is -1.79. The zero-order chi connectivity index (χ0) is 16.9. The summed E-state index contributed by atoms with van der Waals surface area (Å²) in [6.45, 7) is 3.07. The third-order valence-electron chi connectivity index (χ3n) is 3.88. The molecule has 0 spiro atoms. The number of rotatable bonds is 5. The Morgan fingerprint density at radius 3 is 2.67 bits per heavy atom. The zero-order valence-electron chi connectivity index (χ0n) is 13.3. The van der Waals surface area contributed by atoms with E-state index in [0.717, 1.165) is 28.0 Å². The van der Waals surface area contributed by atoms with Gasteiger partial charge in [-0.1, -0.05) is 41.1 Å². The first kappa shape index (κ1) is 17.0. The molecule has 1 heterocycles. The van der Waals surface area contributed by atoms with E-state index in [1.54, 1.807) is 0 Å². The number of thiocarbonyl (C=S) groups is 1. The first-order valence-electron chi connectivity index (χ1n) is 7.84. The molecule has 0 aromatic heterocycles. The maximum atomic E-state index is 5.43. The molecular weight excluding hydrogens is 388 g/mol. The van der Waals surface area contributed by atoms with Crippen LogP contribution >= 0.6 is 28.1 Å². The highest BCUT2D eigenvalue weighted by atomic mass is 79.9. The summed E-state index contributed by atoms with van der Waals surface area (Å²) in [5.41, 5.74) is 2.31. The molecule has 0 saturated carbocycles. The van der Waals surface area contributed by atoms with Crippen molar-refractivity contribution in [2.45, 2.75) is 25.9 Å². The molecule has 24 heavy (non-hydrogen) atoms. The van der Waals surface area contributed by atoms with Gasteiger partial charge in [0.05, 0.1) is 6.04 Å². The average Bonchev–Trinajstić information content (AvgIpc) is 3.06. The van der Waals surface area contributed by atoms with Gasteiger partial charge in [0.15, 0.2) is 16.6 Å². The van der Waals surface area contributed by atoms with Crippen molar-refractivity contribution >= 4 is 33.3 Å². The van der Waals surface area contributed by atoms with Crippen molar-refractivity contribution in [3.8, 4) is 11.5 Å². The minimum atomic E-state index is 0.190. The fourth-order valence-electron chi connectivity index (χ4n) is 2.56. The Labute approximate surface area is 155 Å². The predicted octanol–water partition coefficient (Wildman–Crippen LogP) is 4.29. The average molecular weight is 407 g/mol. The van der Waals surface area contributed by atoms with Gasteiger partial charge in [0, 0.05) is 11.0 Å². The molecule has 2 aromatic carbocycles. The number of benzene rings is 2. The molecule has 2 N–H and O–H groups in total. The molecule has 0 radical (unpaired) electrons. The summed E-state index contributed by atoms with van der Waals surface area (Å²) in [6.07, 6.45) is 0.952. The Morgan fingerprint density at radius 1 is 1.17 bits per heavy atom.